The van der Waals surface area contributed by atoms with Crippen LogP contribution in [0, 0.1) is 0 Å². The van der Waals surface area contributed by atoms with Crippen LogP contribution in [0.2, 0.25) is 0 Å². The Kier molecular flexibility index (Phi) is 9.77. The van der Waals surface area contributed by atoms with E-state index in [1.165, 1.54) is 0 Å². The first-order valence-electron chi connectivity index (χ1n) is 15.1. The van der Waals surface area contributed by atoms with Gasteiger partial charge in [0.2, 0.25) is 0 Å². The van der Waals surface area contributed by atoms with E-state index in [1.54, 1.807) is 27.7 Å². The van der Waals surface area contributed by atoms with Crippen LogP contribution in [0.5, 0.6) is 0 Å². The standard InChI is InChI=1S/C29H41NO17/c1-12(31)37-10-16(40-14(3)33)19-21-18(30-26(35)42-19)15(39-13(2)32)9-29(46-21,25(34)36-8)38-11-17-20-22(44-27(4,5)43-20)23-24(41-17)47-28(6,7)45-23/h15-24H,9-11H2,1-8H3,(H,30,35)/t15-,16+,17+,18+,19+,20-,21+,22-,23+,24+,29+/m0/s1. The highest BCUT2D eigenvalue weighted by molar-refractivity contribution is 5.78. The zero-order valence-electron chi connectivity index (χ0n) is 27.3. The van der Waals surface area contributed by atoms with Crippen LogP contribution in [-0.2, 0) is 76.0 Å². The second kappa shape index (κ2) is 13.1. The number of carbonyl (C=O) groups excluding carboxylic acids is 5. The molecule has 11 atom stereocenters. The fourth-order valence-electron chi connectivity index (χ4n) is 6.46. The third kappa shape index (κ3) is 7.48. The molecule has 18 nitrogen and oxygen atoms in total. The van der Waals surface area contributed by atoms with Gasteiger partial charge in [-0.25, -0.2) is 9.59 Å². The first-order valence-corrected chi connectivity index (χ1v) is 15.1. The molecule has 5 saturated heterocycles. The summed E-state index contributed by atoms with van der Waals surface area (Å²) in [5.74, 6) is -7.56. The number of carbonyl (C=O) groups is 5. The van der Waals surface area contributed by atoms with Gasteiger partial charge in [0.25, 0.3) is 5.79 Å². The number of ether oxygens (including phenoxy) is 12. The van der Waals surface area contributed by atoms with E-state index in [2.05, 4.69) is 5.32 Å². The number of hydrogen-bond donors (Lipinski definition) is 1. The maximum absolute atomic E-state index is 13.6. The van der Waals surface area contributed by atoms with Gasteiger partial charge in [-0.05, 0) is 27.7 Å². The number of esters is 4. The van der Waals surface area contributed by atoms with Crippen LogP contribution >= 0.6 is 0 Å². The fraction of sp³-hybridized carbons (Fsp3) is 0.828. The number of cyclic esters (lactones) is 1. The predicted octanol–water partition coefficient (Wildman–Crippen LogP) is -0.0388. The Morgan fingerprint density at radius 1 is 0.872 bits per heavy atom. The molecule has 0 aromatic heterocycles. The molecule has 5 heterocycles. The van der Waals surface area contributed by atoms with Crippen molar-refractivity contribution in [3.05, 3.63) is 0 Å². The number of hydrogen-bond acceptors (Lipinski definition) is 17. The SMILES string of the molecule is COC(=O)[C@@]1(OC[C@H]2O[C@@H]3OC(C)(C)O[C@@H]3[C@H]3OC(C)(C)O[C@H]32)C[C@H](OC(C)=O)[C@H]2NC(=O)O[C@H]([C@@H](COC(C)=O)OC(C)=O)[C@@H]2O1. The molecule has 0 unspecified atom stereocenters. The first-order chi connectivity index (χ1) is 21.9. The van der Waals surface area contributed by atoms with Crippen LogP contribution in [0.4, 0.5) is 4.79 Å². The minimum atomic E-state index is -2.29. The van der Waals surface area contributed by atoms with Crippen LogP contribution in [0.3, 0.4) is 0 Å². The van der Waals surface area contributed by atoms with Gasteiger partial charge in [-0.1, -0.05) is 0 Å². The smallest absolute Gasteiger partial charge is 0.408 e. The van der Waals surface area contributed by atoms with E-state index >= 15 is 0 Å². The van der Waals surface area contributed by atoms with Crippen LogP contribution in [-0.4, -0.2) is 129 Å². The van der Waals surface area contributed by atoms with Gasteiger partial charge >= 0.3 is 30.0 Å². The molecule has 18 heteroatoms. The lowest BCUT2D eigenvalue weighted by Gasteiger charge is -2.50. The molecular formula is C29H41NO17. The maximum atomic E-state index is 13.6. The Morgan fingerprint density at radius 3 is 2.17 bits per heavy atom. The summed E-state index contributed by atoms with van der Waals surface area (Å²) in [6.07, 6.45) is -10.7. The average molecular weight is 676 g/mol. The van der Waals surface area contributed by atoms with Gasteiger partial charge in [-0.2, -0.15) is 0 Å². The molecule has 5 rings (SSSR count). The molecule has 0 aromatic carbocycles. The number of nitrogens with one attached hydrogen (secondary N) is 1. The van der Waals surface area contributed by atoms with Crippen molar-refractivity contribution in [3.63, 3.8) is 0 Å². The normalized spacial score (nSPS) is 38.7. The van der Waals surface area contributed by atoms with E-state index in [1.807, 2.05) is 0 Å². The van der Waals surface area contributed by atoms with Crippen molar-refractivity contribution in [1.29, 1.82) is 0 Å². The molecule has 5 aliphatic heterocycles. The summed E-state index contributed by atoms with van der Waals surface area (Å²) < 4.78 is 69.5. The van der Waals surface area contributed by atoms with Crippen molar-refractivity contribution in [2.24, 2.45) is 0 Å². The van der Waals surface area contributed by atoms with E-state index < -0.39 is 122 Å². The number of fused-ring (bicyclic) bond motifs is 4. The van der Waals surface area contributed by atoms with E-state index in [9.17, 15) is 24.0 Å². The molecule has 1 amide bonds. The molecule has 0 spiro atoms. The van der Waals surface area contributed by atoms with Crippen LogP contribution in [0.15, 0.2) is 0 Å². The lowest BCUT2D eigenvalue weighted by Crippen LogP contribution is -2.72. The molecule has 5 fully saturated rings. The highest BCUT2D eigenvalue weighted by Crippen LogP contribution is 2.45. The van der Waals surface area contributed by atoms with Crippen molar-refractivity contribution in [3.8, 4) is 0 Å². The van der Waals surface area contributed by atoms with Crippen LogP contribution in [0.25, 0.3) is 0 Å². The number of methoxy groups -OCH3 is 1. The van der Waals surface area contributed by atoms with E-state index in [-0.39, 0.29) is 6.61 Å². The number of alkyl carbamates (subject to hydrolysis) is 1. The molecular weight excluding hydrogens is 634 g/mol. The summed E-state index contributed by atoms with van der Waals surface area (Å²) in [5.41, 5.74) is 0. The van der Waals surface area contributed by atoms with Crippen molar-refractivity contribution in [2.45, 2.75) is 133 Å². The fourth-order valence-corrected chi connectivity index (χ4v) is 6.46. The quantitative estimate of drug-likeness (QED) is 0.251. The largest absolute Gasteiger partial charge is 0.465 e. The highest BCUT2D eigenvalue weighted by Gasteiger charge is 2.64. The van der Waals surface area contributed by atoms with E-state index in [4.69, 9.17) is 56.8 Å². The molecule has 47 heavy (non-hydrogen) atoms. The second-order valence-electron chi connectivity index (χ2n) is 12.7. The van der Waals surface area contributed by atoms with Gasteiger partial charge in [0.05, 0.1) is 26.2 Å². The van der Waals surface area contributed by atoms with Crippen LogP contribution in [0.1, 0.15) is 54.9 Å². The minimum absolute atomic E-state index is 0.356. The van der Waals surface area contributed by atoms with Crippen molar-refractivity contribution >= 4 is 30.0 Å². The van der Waals surface area contributed by atoms with Gasteiger partial charge in [-0.15, -0.1) is 0 Å². The summed E-state index contributed by atoms with van der Waals surface area (Å²) in [4.78, 5) is 62.2. The second-order valence-corrected chi connectivity index (χ2v) is 12.7. The lowest BCUT2D eigenvalue weighted by molar-refractivity contribution is -0.330. The Morgan fingerprint density at radius 2 is 1.53 bits per heavy atom. The Labute approximate surface area is 270 Å². The van der Waals surface area contributed by atoms with Crippen molar-refractivity contribution < 1.29 is 80.8 Å². The summed E-state index contributed by atoms with van der Waals surface area (Å²) in [6.45, 7) is 9.42. The summed E-state index contributed by atoms with van der Waals surface area (Å²) in [5, 5.41) is 2.54. The van der Waals surface area contributed by atoms with Gasteiger partial charge in [0, 0.05) is 20.8 Å². The first kappa shape index (κ1) is 35.2. The van der Waals surface area contributed by atoms with Gasteiger partial charge < -0.3 is 62.2 Å². The van der Waals surface area contributed by atoms with Gasteiger partial charge in [0.15, 0.2) is 30.1 Å². The van der Waals surface area contributed by atoms with Crippen LogP contribution < -0.4 is 5.32 Å². The third-order valence-corrected chi connectivity index (χ3v) is 8.08. The zero-order valence-corrected chi connectivity index (χ0v) is 27.3. The summed E-state index contributed by atoms with van der Waals surface area (Å²) in [6, 6.07) is -1.13. The molecule has 0 saturated carbocycles. The van der Waals surface area contributed by atoms with E-state index in [0.29, 0.717) is 0 Å². The maximum Gasteiger partial charge on any atom is 0.408 e. The monoisotopic (exact) mass is 675 g/mol. The van der Waals surface area contributed by atoms with E-state index in [0.717, 1.165) is 27.9 Å². The minimum Gasteiger partial charge on any atom is -0.465 e. The number of rotatable bonds is 9. The zero-order chi connectivity index (χ0) is 34.5. The topological polar surface area (TPSA) is 208 Å². The Bertz CT molecular complexity index is 1250. The highest BCUT2D eigenvalue weighted by atomic mass is 16.9. The van der Waals surface area contributed by atoms with Gasteiger partial charge in [-0.3, -0.25) is 14.4 Å². The molecule has 0 radical (unpaired) electrons. The van der Waals surface area contributed by atoms with Crippen molar-refractivity contribution in [1.82, 2.24) is 5.32 Å². The van der Waals surface area contributed by atoms with Gasteiger partial charge in [0.1, 0.15) is 43.2 Å². The summed E-state index contributed by atoms with van der Waals surface area (Å²) in [7, 11) is 1.10. The Balaban J connectivity index is 1.47. The predicted molar refractivity (Wildman–Crippen MR) is 148 cm³/mol. The Hall–Kier alpha value is -3.13. The third-order valence-electron chi connectivity index (χ3n) is 8.08. The number of amides is 1. The molecule has 0 aliphatic carbocycles. The van der Waals surface area contributed by atoms with Crippen molar-refractivity contribution in [2.75, 3.05) is 20.3 Å². The molecule has 264 valence electrons. The summed E-state index contributed by atoms with van der Waals surface area (Å²) >= 11 is 0. The molecule has 0 bridgehead atoms. The molecule has 5 aliphatic rings. The molecule has 1 N–H and O–H groups in total. The lowest BCUT2D eigenvalue weighted by atomic mass is 9.87. The molecule has 0 aromatic rings. The average Bonchev–Trinajstić information content (AvgIpc) is 3.46.